The van der Waals surface area contributed by atoms with Crippen molar-refractivity contribution in [2.45, 2.75) is 85.2 Å². The van der Waals surface area contributed by atoms with Crippen molar-refractivity contribution in [3.8, 4) is 5.75 Å². The molecule has 166 valence electrons. The Labute approximate surface area is 182 Å². The highest BCUT2D eigenvalue weighted by atomic mass is 16.5. The zero-order chi connectivity index (χ0) is 21.7. The van der Waals surface area contributed by atoms with E-state index >= 15 is 0 Å². The minimum atomic E-state index is -0.245. The van der Waals surface area contributed by atoms with Crippen LogP contribution in [0.2, 0.25) is 0 Å². The number of hydrogen-bond acceptors (Lipinski definition) is 3. The van der Waals surface area contributed by atoms with Crippen molar-refractivity contribution in [3.63, 3.8) is 0 Å². The number of phenolic OH excluding ortho intramolecular Hbond substituents is 1. The zero-order valence-corrected chi connectivity index (χ0v) is 19.3. The third-order valence-electron chi connectivity index (χ3n) is 7.84. The lowest BCUT2D eigenvalue weighted by Crippen LogP contribution is -2.43. The summed E-state index contributed by atoms with van der Waals surface area (Å²) in [7, 11) is 0. The highest BCUT2D eigenvalue weighted by Gasteiger charge is 2.53. The van der Waals surface area contributed by atoms with Gasteiger partial charge in [-0.1, -0.05) is 59.1 Å². The highest BCUT2D eigenvalue weighted by molar-refractivity contribution is 5.87. The molecule has 2 aliphatic rings. The summed E-state index contributed by atoms with van der Waals surface area (Å²) in [6, 6.07) is 6.83. The number of ether oxygens (including phenoxy) is 1. The van der Waals surface area contributed by atoms with Crippen LogP contribution in [-0.2, 0) is 9.53 Å². The van der Waals surface area contributed by atoms with E-state index in [0.29, 0.717) is 11.3 Å². The van der Waals surface area contributed by atoms with Gasteiger partial charge in [0.15, 0.2) is 0 Å². The lowest BCUT2D eigenvalue weighted by molar-refractivity contribution is -0.152. The van der Waals surface area contributed by atoms with Gasteiger partial charge in [0.25, 0.3) is 0 Å². The Hall–Kier alpha value is -1.77. The molecule has 0 heterocycles. The Morgan fingerprint density at radius 2 is 1.90 bits per heavy atom. The number of carbonyl (C=O) groups is 1. The number of phenols is 1. The van der Waals surface area contributed by atoms with Gasteiger partial charge in [0, 0.05) is 12.0 Å². The van der Waals surface area contributed by atoms with Gasteiger partial charge in [-0.2, -0.15) is 0 Å². The summed E-state index contributed by atoms with van der Waals surface area (Å²) in [5, 5.41) is 9.38. The fourth-order valence-electron chi connectivity index (χ4n) is 6.22. The number of rotatable bonds is 8. The molecular weight excluding hydrogens is 372 g/mol. The van der Waals surface area contributed by atoms with Crippen molar-refractivity contribution in [1.29, 1.82) is 0 Å². The van der Waals surface area contributed by atoms with Gasteiger partial charge in [-0.3, -0.25) is 0 Å². The quantitative estimate of drug-likeness (QED) is 0.369. The molecule has 1 aromatic carbocycles. The molecule has 0 radical (unpaired) electrons. The molecule has 0 bridgehead atoms. The first kappa shape index (κ1) is 22.9. The fourth-order valence-corrected chi connectivity index (χ4v) is 6.22. The normalized spacial score (nSPS) is 29.8. The molecule has 1 N–H and O–H groups in total. The molecule has 0 amide bonds. The SMILES string of the molecule is CC(C)CCC[C@@H](C)[C@H]1CC[C@H]2[C@@H](OC(=O)/C=C/c3ccc(O)cc3)CCC[C@]12C. The van der Waals surface area contributed by atoms with Crippen LogP contribution >= 0.6 is 0 Å². The number of aromatic hydroxyl groups is 1. The van der Waals surface area contributed by atoms with Crippen LogP contribution in [0.4, 0.5) is 0 Å². The van der Waals surface area contributed by atoms with Crippen LogP contribution in [0, 0.1) is 29.1 Å². The van der Waals surface area contributed by atoms with Crippen LogP contribution in [0.25, 0.3) is 6.08 Å². The fraction of sp³-hybridized carbons (Fsp3) is 0.667. The van der Waals surface area contributed by atoms with Gasteiger partial charge in [-0.25, -0.2) is 4.79 Å². The third-order valence-corrected chi connectivity index (χ3v) is 7.84. The van der Waals surface area contributed by atoms with E-state index in [-0.39, 0.29) is 17.8 Å². The van der Waals surface area contributed by atoms with Crippen LogP contribution in [0.15, 0.2) is 30.3 Å². The maximum absolute atomic E-state index is 12.5. The first-order chi connectivity index (χ1) is 14.3. The van der Waals surface area contributed by atoms with Crippen LogP contribution in [0.1, 0.15) is 84.6 Å². The molecule has 3 rings (SSSR count). The van der Waals surface area contributed by atoms with Gasteiger partial charge in [-0.05, 0) is 79.0 Å². The van der Waals surface area contributed by atoms with E-state index in [9.17, 15) is 9.90 Å². The largest absolute Gasteiger partial charge is 0.508 e. The highest BCUT2D eigenvalue weighted by Crippen LogP contribution is 2.58. The minimum Gasteiger partial charge on any atom is -0.508 e. The summed E-state index contributed by atoms with van der Waals surface area (Å²) in [5.74, 6) is 2.77. The molecule has 2 aliphatic carbocycles. The van der Waals surface area contributed by atoms with E-state index in [1.165, 1.54) is 44.6 Å². The first-order valence-corrected chi connectivity index (χ1v) is 12.0. The van der Waals surface area contributed by atoms with E-state index in [1.807, 2.05) is 0 Å². The van der Waals surface area contributed by atoms with Gasteiger partial charge < -0.3 is 9.84 Å². The second-order valence-corrected chi connectivity index (χ2v) is 10.4. The van der Waals surface area contributed by atoms with Gasteiger partial charge in [0.2, 0.25) is 0 Å². The molecule has 3 heteroatoms. The lowest BCUT2D eigenvalue weighted by atomic mass is 9.61. The van der Waals surface area contributed by atoms with E-state index in [1.54, 1.807) is 30.3 Å². The molecule has 5 atom stereocenters. The van der Waals surface area contributed by atoms with E-state index in [0.717, 1.165) is 36.2 Å². The van der Waals surface area contributed by atoms with Crippen molar-refractivity contribution in [3.05, 3.63) is 35.9 Å². The predicted molar refractivity (Wildman–Crippen MR) is 123 cm³/mol. The Morgan fingerprint density at radius 1 is 1.17 bits per heavy atom. The number of hydrogen-bond donors (Lipinski definition) is 1. The van der Waals surface area contributed by atoms with Crippen LogP contribution < -0.4 is 0 Å². The van der Waals surface area contributed by atoms with Crippen molar-refractivity contribution in [2.24, 2.45) is 29.1 Å². The number of carbonyl (C=O) groups excluding carboxylic acids is 1. The number of esters is 1. The molecule has 0 aliphatic heterocycles. The monoisotopic (exact) mass is 412 g/mol. The van der Waals surface area contributed by atoms with Crippen LogP contribution in [0.3, 0.4) is 0 Å². The van der Waals surface area contributed by atoms with E-state index in [2.05, 4.69) is 27.7 Å². The number of benzene rings is 1. The molecule has 0 unspecified atom stereocenters. The average molecular weight is 413 g/mol. The molecule has 2 saturated carbocycles. The first-order valence-electron chi connectivity index (χ1n) is 12.0. The zero-order valence-electron chi connectivity index (χ0n) is 19.3. The molecule has 0 spiro atoms. The predicted octanol–water partition coefficient (Wildman–Crippen LogP) is 7.00. The second-order valence-electron chi connectivity index (χ2n) is 10.4. The van der Waals surface area contributed by atoms with E-state index in [4.69, 9.17) is 4.74 Å². The smallest absolute Gasteiger partial charge is 0.331 e. The molecule has 0 saturated heterocycles. The topological polar surface area (TPSA) is 46.5 Å². The molecule has 2 fully saturated rings. The van der Waals surface area contributed by atoms with Gasteiger partial charge in [0.05, 0.1) is 0 Å². The van der Waals surface area contributed by atoms with Gasteiger partial charge >= 0.3 is 5.97 Å². The third kappa shape index (κ3) is 5.47. The summed E-state index contributed by atoms with van der Waals surface area (Å²) >= 11 is 0. The summed E-state index contributed by atoms with van der Waals surface area (Å²) in [6.07, 6.45) is 13.2. The average Bonchev–Trinajstić information content (AvgIpc) is 3.05. The molecule has 0 aromatic heterocycles. The van der Waals surface area contributed by atoms with Crippen molar-refractivity contribution >= 4 is 12.0 Å². The van der Waals surface area contributed by atoms with Gasteiger partial charge in [0.1, 0.15) is 11.9 Å². The molecule has 1 aromatic rings. The summed E-state index contributed by atoms with van der Waals surface area (Å²) < 4.78 is 5.98. The minimum absolute atomic E-state index is 0.0496. The molecule has 3 nitrogen and oxygen atoms in total. The van der Waals surface area contributed by atoms with Gasteiger partial charge in [-0.15, -0.1) is 0 Å². The van der Waals surface area contributed by atoms with E-state index < -0.39 is 0 Å². The summed E-state index contributed by atoms with van der Waals surface area (Å²) in [5.41, 5.74) is 1.19. The summed E-state index contributed by atoms with van der Waals surface area (Å²) in [6.45, 7) is 9.55. The lowest BCUT2D eigenvalue weighted by Gasteiger charge is -2.46. The van der Waals surface area contributed by atoms with Crippen LogP contribution in [-0.4, -0.2) is 17.2 Å². The number of fused-ring (bicyclic) bond motifs is 1. The molecular formula is C27H40O3. The Morgan fingerprint density at radius 3 is 2.60 bits per heavy atom. The van der Waals surface area contributed by atoms with Crippen molar-refractivity contribution in [1.82, 2.24) is 0 Å². The Kier molecular flexibility index (Phi) is 7.65. The van der Waals surface area contributed by atoms with Crippen molar-refractivity contribution in [2.75, 3.05) is 0 Å². The van der Waals surface area contributed by atoms with Crippen LogP contribution in [0.5, 0.6) is 5.75 Å². The summed E-state index contributed by atoms with van der Waals surface area (Å²) in [4.78, 5) is 12.5. The second kappa shape index (κ2) is 10.0. The Balaban J connectivity index is 1.58. The maximum atomic E-state index is 12.5. The Bertz CT molecular complexity index is 720. The van der Waals surface area contributed by atoms with Crippen molar-refractivity contribution < 1.29 is 14.6 Å². The maximum Gasteiger partial charge on any atom is 0.331 e. The standard InChI is InChI=1S/C27H40O3/c1-19(2)7-5-8-20(3)23-15-16-24-25(9-6-18-27(23,24)4)30-26(29)17-12-21-10-13-22(28)14-11-21/h10-14,17,19-20,23-25,28H,5-9,15-16,18H2,1-4H3/b17-12+/t20-,23-,24+,25+,27-/m1/s1. The molecule has 30 heavy (non-hydrogen) atoms.